The summed E-state index contributed by atoms with van der Waals surface area (Å²) in [5.41, 5.74) is 1.14. The van der Waals surface area contributed by atoms with E-state index in [2.05, 4.69) is 38.8 Å². The maximum atomic E-state index is 11.6. The summed E-state index contributed by atoms with van der Waals surface area (Å²) in [7, 11) is 3.53. The number of carbonyl (C=O) groups excluding carboxylic acids is 1. The Kier molecular flexibility index (Phi) is 4.82. The van der Waals surface area contributed by atoms with Crippen LogP contribution in [-0.4, -0.2) is 50.7 Å². The average molecular weight is 327 g/mol. The number of carbonyl (C=O) groups is 1. The van der Waals surface area contributed by atoms with Gasteiger partial charge >= 0.3 is 5.97 Å². The quantitative estimate of drug-likeness (QED) is 0.797. The van der Waals surface area contributed by atoms with Gasteiger partial charge in [0.25, 0.3) is 0 Å². The second kappa shape index (κ2) is 6.39. The normalized spacial score (nSPS) is 20.4. The van der Waals surface area contributed by atoms with Gasteiger partial charge in [-0.05, 0) is 35.1 Å². The van der Waals surface area contributed by atoms with Crippen molar-refractivity contribution < 1.29 is 9.53 Å². The summed E-state index contributed by atoms with van der Waals surface area (Å²) in [6.45, 7) is 2.79. The summed E-state index contributed by atoms with van der Waals surface area (Å²) in [4.78, 5) is 16.1. The molecule has 0 radical (unpaired) electrons. The second-order valence-corrected chi connectivity index (χ2v) is 5.70. The molecule has 1 unspecified atom stereocenters. The van der Waals surface area contributed by atoms with Gasteiger partial charge in [0.05, 0.1) is 25.3 Å². The Morgan fingerprint density at radius 1 is 1.42 bits per heavy atom. The van der Waals surface area contributed by atoms with Crippen molar-refractivity contribution in [2.75, 3.05) is 38.7 Å². The Hall–Kier alpha value is -1.07. The van der Waals surface area contributed by atoms with Crippen LogP contribution in [0.3, 0.4) is 0 Å². The van der Waals surface area contributed by atoms with Crippen molar-refractivity contribution in [3.8, 4) is 0 Å². The fraction of sp³-hybridized carbons (Fsp3) is 0.500. The zero-order valence-electron chi connectivity index (χ0n) is 11.3. The third-order valence-corrected chi connectivity index (χ3v) is 4.15. The van der Waals surface area contributed by atoms with Crippen LogP contribution in [0.2, 0.25) is 0 Å². The molecule has 0 aromatic heterocycles. The summed E-state index contributed by atoms with van der Waals surface area (Å²) in [5, 5.41) is 0. The number of halogens is 1. The average Bonchev–Trinajstić information content (AvgIpc) is 2.40. The number of hydrogen-bond donors (Lipinski definition) is 0. The van der Waals surface area contributed by atoms with E-state index in [0.29, 0.717) is 6.42 Å². The molecule has 1 heterocycles. The van der Waals surface area contributed by atoms with E-state index >= 15 is 0 Å². The number of para-hydroxylation sites is 1. The molecule has 19 heavy (non-hydrogen) atoms. The van der Waals surface area contributed by atoms with Crippen molar-refractivity contribution in [2.24, 2.45) is 0 Å². The molecule has 1 aliphatic rings. The van der Waals surface area contributed by atoms with E-state index in [1.54, 1.807) is 0 Å². The van der Waals surface area contributed by atoms with Crippen molar-refractivity contribution >= 4 is 27.6 Å². The number of piperazine rings is 1. The van der Waals surface area contributed by atoms with Crippen LogP contribution in [0.4, 0.5) is 5.69 Å². The summed E-state index contributed by atoms with van der Waals surface area (Å²) in [5.74, 6) is -0.155. The van der Waals surface area contributed by atoms with E-state index in [4.69, 9.17) is 4.74 Å². The van der Waals surface area contributed by atoms with Crippen molar-refractivity contribution in [2.45, 2.75) is 12.5 Å². The first-order valence-electron chi connectivity index (χ1n) is 6.38. The lowest BCUT2D eigenvalue weighted by Crippen LogP contribution is -2.53. The lowest BCUT2D eigenvalue weighted by Gasteiger charge is -2.41. The minimum atomic E-state index is -0.155. The lowest BCUT2D eigenvalue weighted by molar-refractivity contribution is -0.141. The molecule has 104 valence electrons. The molecular weight excluding hydrogens is 308 g/mol. The van der Waals surface area contributed by atoms with Gasteiger partial charge < -0.3 is 14.5 Å². The van der Waals surface area contributed by atoms with Gasteiger partial charge in [0.15, 0.2) is 0 Å². The van der Waals surface area contributed by atoms with E-state index in [-0.39, 0.29) is 12.0 Å². The van der Waals surface area contributed by atoms with Gasteiger partial charge in [-0.2, -0.15) is 0 Å². The number of benzene rings is 1. The smallest absolute Gasteiger partial charge is 0.307 e. The molecule has 1 aliphatic heterocycles. The third kappa shape index (κ3) is 3.48. The molecule has 0 amide bonds. The number of esters is 1. The summed E-state index contributed by atoms with van der Waals surface area (Å²) in [6, 6.07) is 8.29. The van der Waals surface area contributed by atoms with Crippen molar-refractivity contribution in [1.82, 2.24) is 4.90 Å². The van der Waals surface area contributed by atoms with Crippen LogP contribution in [-0.2, 0) is 9.53 Å². The first kappa shape index (κ1) is 14.3. The molecule has 5 heteroatoms. The third-order valence-electron chi connectivity index (χ3n) is 3.48. The molecule has 1 aromatic carbocycles. The van der Waals surface area contributed by atoms with Crippen LogP contribution in [0, 0.1) is 0 Å². The Morgan fingerprint density at radius 3 is 2.84 bits per heavy atom. The Balaban J connectivity index is 2.20. The predicted octanol–water partition coefficient (Wildman–Crippen LogP) is 2.13. The molecule has 0 saturated carbocycles. The van der Waals surface area contributed by atoms with Gasteiger partial charge in [0.2, 0.25) is 0 Å². The van der Waals surface area contributed by atoms with Crippen LogP contribution in [0.25, 0.3) is 0 Å². The molecule has 0 spiro atoms. The van der Waals surface area contributed by atoms with E-state index in [0.717, 1.165) is 29.8 Å². The molecule has 1 aromatic rings. The molecule has 4 nitrogen and oxygen atoms in total. The van der Waals surface area contributed by atoms with Crippen LogP contribution in [0.1, 0.15) is 6.42 Å². The number of hydrogen-bond acceptors (Lipinski definition) is 4. The van der Waals surface area contributed by atoms with Gasteiger partial charge in [0, 0.05) is 24.1 Å². The number of methoxy groups -OCH3 is 1. The minimum Gasteiger partial charge on any atom is -0.469 e. The molecule has 1 saturated heterocycles. The molecule has 0 aliphatic carbocycles. The van der Waals surface area contributed by atoms with Gasteiger partial charge in [-0.25, -0.2) is 0 Å². The highest BCUT2D eigenvalue weighted by atomic mass is 79.9. The zero-order chi connectivity index (χ0) is 13.8. The highest BCUT2D eigenvalue weighted by Crippen LogP contribution is 2.29. The van der Waals surface area contributed by atoms with Crippen molar-refractivity contribution in [3.63, 3.8) is 0 Å². The molecular formula is C14H19BrN2O2. The number of likely N-dealkylation sites (N-methyl/N-ethyl adjacent to an activating group) is 1. The summed E-state index contributed by atoms with van der Waals surface area (Å²) < 4.78 is 5.87. The van der Waals surface area contributed by atoms with Crippen LogP contribution in [0.15, 0.2) is 28.7 Å². The standard InChI is InChI=1S/C14H19BrN2O2/c1-16-7-8-17(11(10-16)9-14(18)19-2)13-6-4-3-5-12(13)15/h3-6,11H,7-10H2,1-2H3. The minimum absolute atomic E-state index is 0.155. The first-order chi connectivity index (χ1) is 9.11. The van der Waals surface area contributed by atoms with Gasteiger partial charge in [-0.1, -0.05) is 12.1 Å². The van der Waals surface area contributed by atoms with Gasteiger partial charge in [-0.15, -0.1) is 0 Å². The van der Waals surface area contributed by atoms with E-state index in [1.807, 2.05) is 18.2 Å². The number of rotatable bonds is 3. The van der Waals surface area contributed by atoms with Crippen LogP contribution in [0.5, 0.6) is 0 Å². The Morgan fingerprint density at radius 2 is 2.16 bits per heavy atom. The number of anilines is 1. The lowest BCUT2D eigenvalue weighted by atomic mass is 10.1. The SMILES string of the molecule is COC(=O)CC1CN(C)CCN1c1ccccc1Br. The van der Waals surface area contributed by atoms with E-state index < -0.39 is 0 Å². The maximum absolute atomic E-state index is 11.6. The number of nitrogens with zero attached hydrogens (tertiary/aromatic N) is 2. The monoisotopic (exact) mass is 326 g/mol. The maximum Gasteiger partial charge on any atom is 0.307 e. The van der Waals surface area contributed by atoms with E-state index in [9.17, 15) is 4.79 Å². The predicted molar refractivity (Wildman–Crippen MR) is 79.4 cm³/mol. The van der Waals surface area contributed by atoms with Crippen molar-refractivity contribution in [3.05, 3.63) is 28.7 Å². The molecule has 2 rings (SSSR count). The molecule has 0 N–H and O–H groups in total. The Bertz CT molecular complexity index is 453. The molecule has 0 bridgehead atoms. The molecule has 1 atom stereocenters. The fourth-order valence-corrected chi connectivity index (χ4v) is 2.98. The highest BCUT2D eigenvalue weighted by Gasteiger charge is 2.28. The molecule has 1 fully saturated rings. The number of ether oxygens (including phenoxy) is 1. The fourth-order valence-electron chi connectivity index (χ4n) is 2.46. The van der Waals surface area contributed by atoms with Gasteiger partial charge in [-0.3, -0.25) is 4.79 Å². The Labute approximate surface area is 122 Å². The van der Waals surface area contributed by atoms with Crippen LogP contribution < -0.4 is 4.90 Å². The highest BCUT2D eigenvalue weighted by molar-refractivity contribution is 9.10. The largest absolute Gasteiger partial charge is 0.469 e. The van der Waals surface area contributed by atoms with Crippen molar-refractivity contribution in [1.29, 1.82) is 0 Å². The topological polar surface area (TPSA) is 32.8 Å². The van der Waals surface area contributed by atoms with Crippen LogP contribution >= 0.6 is 15.9 Å². The summed E-state index contributed by atoms with van der Waals surface area (Å²) in [6.07, 6.45) is 0.419. The van der Waals surface area contributed by atoms with Gasteiger partial charge in [0.1, 0.15) is 0 Å². The summed E-state index contributed by atoms with van der Waals surface area (Å²) >= 11 is 3.59. The second-order valence-electron chi connectivity index (χ2n) is 4.84. The van der Waals surface area contributed by atoms with E-state index in [1.165, 1.54) is 7.11 Å². The first-order valence-corrected chi connectivity index (χ1v) is 7.17. The zero-order valence-corrected chi connectivity index (χ0v) is 12.9.